The van der Waals surface area contributed by atoms with E-state index in [9.17, 15) is 5.11 Å². The summed E-state index contributed by atoms with van der Waals surface area (Å²) in [5.74, 6) is 1.86. The van der Waals surface area contributed by atoms with Crippen LogP contribution >= 0.6 is 11.6 Å². The van der Waals surface area contributed by atoms with Gasteiger partial charge in [-0.3, -0.25) is 4.99 Å². The third-order valence-corrected chi connectivity index (χ3v) is 3.29. The van der Waals surface area contributed by atoms with Crippen LogP contribution in [0.25, 0.3) is 0 Å². The smallest absolute Gasteiger partial charge is 0.161 e. The van der Waals surface area contributed by atoms with Crippen molar-refractivity contribution in [3.63, 3.8) is 0 Å². The number of nitrogens with zero attached hydrogens (tertiary/aromatic N) is 1. The molecule has 0 heterocycles. The molecule has 0 aliphatic heterocycles. The summed E-state index contributed by atoms with van der Waals surface area (Å²) in [6, 6.07) is 10.3. The van der Waals surface area contributed by atoms with Crippen molar-refractivity contribution in [3.8, 4) is 17.2 Å². The molecule has 0 amide bonds. The van der Waals surface area contributed by atoms with Gasteiger partial charge < -0.3 is 14.6 Å². The molecule has 1 N–H and O–H groups in total. The van der Waals surface area contributed by atoms with Gasteiger partial charge in [0.15, 0.2) is 11.5 Å². The quantitative estimate of drug-likeness (QED) is 0.769. The van der Waals surface area contributed by atoms with Crippen molar-refractivity contribution in [2.75, 3.05) is 13.7 Å². The van der Waals surface area contributed by atoms with Crippen LogP contribution in [-0.2, 0) is 0 Å². The van der Waals surface area contributed by atoms with E-state index in [2.05, 4.69) is 18.8 Å². The lowest BCUT2D eigenvalue weighted by Crippen LogP contribution is -2.05. The van der Waals surface area contributed by atoms with E-state index in [0.717, 1.165) is 5.56 Å². The fraction of sp³-hybridized carbons (Fsp3) is 0.278. The predicted molar refractivity (Wildman–Crippen MR) is 93.7 cm³/mol. The monoisotopic (exact) mass is 333 g/mol. The second-order valence-corrected chi connectivity index (χ2v) is 5.94. The lowest BCUT2D eigenvalue weighted by Gasteiger charge is -2.12. The normalized spacial score (nSPS) is 11.2. The second kappa shape index (κ2) is 7.88. The fourth-order valence-corrected chi connectivity index (χ4v) is 2.05. The van der Waals surface area contributed by atoms with Crippen LogP contribution in [-0.4, -0.2) is 25.0 Å². The van der Waals surface area contributed by atoms with Gasteiger partial charge in [0.1, 0.15) is 11.4 Å². The highest BCUT2D eigenvalue weighted by Gasteiger charge is 2.06. The number of aliphatic imine (C=N–C) groups is 1. The van der Waals surface area contributed by atoms with E-state index >= 15 is 0 Å². The molecule has 0 saturated heterocycles. The van der Waals surface area contributed by atoms with Gasteiger partial charge in [0.25, 0.3) is 0 Å². The maximum atomic E-state index is 9.76. The minimum Gasteiger partial charge on any atom is -0.506 e. The number of hydrogen-bond acceptors (Lipinski definition) is 4. The molecule has 2 rings (SSSR count). The fourth-order valence-electron chi connectivity index (χ4n) is 1.88. The Morgan fingerprint density at radius 1 is 1.17 bits per heavy atom. The first kappa shape index (κ1) is 17.2. The molecule has 2 aromatic rings. The van der Waals surface area contributed by atoms with Gasteiger partial charge in [-0.1, -0.05) is 25.4 Å². The summed E-state index contributed by atoms with van der Waals surface area (Å²) < 4.78 is 11.1. The molecule has 0 aliphatic rings. The van der Waals surface area contributed by atoms with Crippen LogP contribution in [0.1, 0.15) is 19.4 Å². The summed E-state index contributed by atoms with van der Waals surface area (Å²) >= 11 is 5.91. The topological polar surface area (TPSA) is 51.0 Å². The number of halogens is 1. The maximum absolute atomic E-state index is 9.76. The average molecular weight is 334 g/mol. The molecular formula is C18H20ClNO3. The Kier molecular flexibility index (Phi) is 5.88. The molecule has 122 valence electrons. The molecule has 0 saturated carbocycles. The van der Waals surface area contributed by atoms with Crippen molar-refractivity contribution in [1.82, 2.24) is 0 Å². The first-order valence-electron chi connectivity index (χ1n) is 7.33. The molecule has 0 radical (unpaired) electrons. The summed E-state index contributed by atoms with van der Waals surface area (Å²) in [4.78, 5) is 4.26. The lowest BCUT2D eigenvalue weighted by atomic mass is 10.2. The summed E-state index contributed by atoms with van der Waals surface area (Å²) in [6.45, 7) is 4.80. The van der Waals surface area contributed by atoms with Gasteiger partial charge in [0.05, 0.1) is 13.7 Å². The molecular weight excluding hydrogens is 314 g/mol. The number of hydrogen-bond donors (Lipinski definition) is 1. The van der Waals surface area contributed by atoms with Gasteiger partial charge in [-0.05, 0) is 47.9 Å². The molecule has 0 unspecified atom stereocenters. The van der Waals surface area contributed by atoms with E-state index in [1.807, 2.05) is 18.2 Å². The standard InChI is InChI=1S/C18H20ClNO3/c1-12(2)11-23-17-7-4-13(8-18(17)22-3)10-20-15-9-14(19)5-6-16(15)21/h4-10,12,21H,11H2,1-3H3. The SMILES string of the molecule is COc1cc(C=Nc2cc(Cl)ccc2O)ccc1OCC(C)C. The van der Waals surface area contributed by atoms with Gasteiger partial charge in [-0.15, -0.1) is 0 Å². The Bertz CT molecular complexity index is 699. The first-order chi connectivity index (χ1) is 11.0. The van der Waals surface area contributed by atoms with E-state index < -0.39 is 0 Å². The zero-order chi connectivity index (χ0) is 16.8. The Hall–Kier alpha value is -2.20. The van der Waals surface area contributed by atoms with Crippen LogP contribution in [0.15, 0.2) is 41.4 Å². The second-order valence-electron chi connectivity index (χ2n) is 5.51. The summed E-state index contributed by atoms with van der Waals surface area (Å²) in [5, 5.41) is 10.3. The van der Waals surface area contributed by atoms with E-state index in [0.29, 0.717) is 34.7 Å². The van der Waals surface area contributed by atoms with Crippen LogP contribution < -0.4 is 9.47 Å². The molecule has 0 atom stereocenters. The largest absolute Gasteiger partial charge is 0.506 e. The van der Waals surface area contributed by atoms with Crippen molar-refractivity contribution in [2.45, 2.75) is 13.8 Å². The molecule has 0 aromatic heterocycles. The lowest BCUT2D eigenvalue weighted by molar-refractivity contribution is 0.257. The molecule has 23 heavy (non-hydrogen) atoms. The molecule has 0 fully saturated rings. The Morgan fingerprint density at radius 3 is 2.65 bits per heavy atom. The van der Waals surface area contributed by atoms with E-state index in [1.165, 1.54) is 6.07 Å². The zero-order valence-electron chi connectivity index (χ0n) is 13.4. The van der Waals surface area contributed by atoms with Crippen molar-refractivity contribution >= 4 is 23.5 Å². The van der Waals surface area contributed by atoms with E-state index in [-0.39, 0.29) is 5.75 Å². The van der Waals surface area contributed by atoms with Gasteiger partial charge in [0.2, 0.25) is 0 Å². The highest BCUT2D eigenvalue weighted by Crippen LogP contribution is 2.30. The van der Waals surface area contributed by atoms with Crippen LogP contribution in [0.4, 0.5) is 5.69 Å². The number of methoxy groups -OCH3 is 1. The van der Waals surface area contributed by atoms with Crippen molar-refractivity contribution in [1.29, 1.82) is 0 Å². The highest BCUT2D eigenvalue weighted by atomic mass is 35.5. The first-order valence-corrected chi connectivity index (χ1v) is 7.71. The van der Waals surface area contributed by atoms with Gasteiger partial charge in [-0.25, -0.2) is 0 Å². The van der Waals surface area contributed by atoms with Crippen molar-refractivity contribution in [3.05, 3.63) is 47.0 Å². The third-order valence-electron chi connectivity index (χ3n) is 3.05. The van der Waals surface area contributed by atoms with E-state index in [1.54, 1.807) is 25.5 Å². The number of rotatable bonds is 6. The number of ether oxygens (including phenoxy) is 2. The van der Waals surface area contributed by atoms with Gasteiger partial charge in [0, 0.05) is 11.2 Å². The van der Waals surface area contributed by atoms with Crippen LogP contribution in [0.5, 0.6) is 17.2 Å². The number of phenols is 1. The Labute approximate surface area is 141 Å². The molecule has 0 spiro atoms. The molecule has 2 aromatic carbocycles. The zero-order valence-corrected chi connectivity index (χ0v) is 14.2. The van der Waals surface area contributed by atoms with Crippen molar-refractivity contribution < 1.29 is 14.6 Å². The molecule has 5 heteroatoms. The Morgan fingerprint density at radius 2 is 1.96 bits per heavy atom. The summed E-state index contributed by atoms with van der Waals surface area (Å²) in [6.07, 6.45) is 1.64. The minimum atomic E-state index is 0.0782. The highest BCUT2D eigenvalue weighted by molar-refractivity contribution is 6.30. The number of phenolic OH excluding ortho intramolecular Hbond substituents is 1. The molecule has 0 aliphatic carbocycles. The van der Waals surface area contributed by atoms with Crippen molar-refractivity contribution in [2.24, 2.45) is 10.9 Å². The minimum absolute atomic E-state index is 0.0782. The number of benzene rings is 2. The van der Waals surface area contributed by atoms with Crippen LogP contribution in [0, 0.1) is 5.92 Å². The van der Waals surface area contributed by atoms with Crippen LogP contribution in [0.3, 0.4) is 0 Å². The predicted octanol–water partition coefficient (Wildman–Crippen LogP) is 4.84. The van der Waals surface area contributed by atoms with Crippen LogP contribution in [0.2, 0.25) is 5.02 Å². The number of aromatic hydroxyl groups is 1. The maximum Gasteiger partial charge on any atom is 0.161 e. The molecule has 4 nitrogen and oxygen atoms in total. The summed E-state index contributed by atoms with van der Waals surface area (Å²) in [7, 11) is 1.60. The average Bonchev–Trinajstić information content (AvgIpc) is 2.54. The van der Waals surface area contributed by atoms with Gasteiger partial charge in [-0.2, -0.15) is 0 Å². The Balaban J connectivity index is 2.20. The third kappa shape index (κ3) is 4.89. The van der Waals surface area contributed by atoms with Gasteiger partial charge >= 0.3 is 0 Å². The summed E-state index contributed by atoms with van der Waals surface area (Å²) in [5.41, 5.74) is 1.25. The van der Waals surface area contributed by atoms with E-state index in [4.69, 9.17) is 21.1 Å². The molecule has 0 bridgehead atoms.